The van der Waals surface area contributed by atoms with E-state index in [0.717, 1.165) is 45.1 Å². The van der Waals surface area contributed by atoms with E-state index in [1.54, 1.807) is 0 Å². The molecule has 1 aliphatic carbocycles. The van der Waals surface area contributed by atoms with E-state index in [4.69, 9.17) is 0 Å². The van der Waals surface area contributed by atoms with Crippen molar-refractivity contribution in [3.05, 3.63) is 0 Å². The molecular formula is C14H26N2O2. The molecule has 0 aromatic heterocycles. The summed E-state index contributed by atoms with van der Waals surface area (Å²) in [6.07, 6.45) is 5.96. The van der Waals surface area contributed by atoms with E-state index in [2.05, 4.69) is 24.5 Å². The predicted octanol–water partition coefficient (Wildman–Crippen LogP) is 1.19. The van der Waals surface area contributed by atoms with Gasteiger partial charge in [0.1, 0.15) is 0 Å². The molecule has 1 amide bonds. The fraction of sp³-hybridized carbons (Fsp3) is 0.929. The molecule has 1 saturated carbocycles. The Morgan fingerprint density at radius 3 is 2.56 bits per heavy atom. The third-order valence-corrected chi connectivity index (χ3v) is 4.52. The van der Waals surface area contributed by atoms with Crippen LogP contribution in [0, 0.1) is 5.41 Å². The lowest BCUT2D eigenvalue weighted by Gasteiger charge is -2.38. The van der Waals surface area contributed by atoms with Crippen molar-refractivity contribution in [1.29, 1.82) is 0 Å². The molecule has 3 N–H and O–H groups in total. The Hall–Kier alpha value is -0.610. The van der Waals surface area contributed by atoms with Gasteiger partial charge in [-0.2, -0.15) is 0 Å². The van der Waals surface area contributed by atoms with Crippen molar-refractivity contribution in [3.63, 3.8) is 0 Å². The summed E-state index contributed by atoms with van der Waals surface area (Å²) < 4.78 is 0. The third-order valence-electron chi connectivity index (χ3n) is 4.52. The first kappa shape index (κ1) is 13.8. The zero-order valence-corrected chi connectivity index (χ0v) is 11.6. The second kappa shape index (κ2) is 5.17. The van der Waals surface area contributed by atoms with Gasteiger partial charge in [-0.1, -0.05) is 26.7 Å². The Kier molecular flexibility index (Phi) is 3.97. The van der Waals surface area contributed by atoms with Crippen LogP contribution < -0.4 is 10.6 Å². The first-order valence-corrected chi connectivity index (χ1v) is 7.17. The van der Waals surface area contributed by atoms with Gasteiger partial charge in [-0.3, -0.25) is 4.79 Å². The van der Waals surface area contributed by atoms with Gasteiger partial charge in [0, 0.05) is 6.54 Å². The van der Waals surface area contributed by atoms with E-state index in [1.807, 2.05) is 0 Å². The molecule has 1 heterocycles. The van der Waals surface area contributed by atoms with Gasteiger partial charge in [-0.15, -0.1) is 0 Å². The number of carbonyl (C=O) groups is 1. The van der Waals surface area contributed by atoms with Crippen LogP contribution in [0.5, 0.6) is 0 Å². The first-order valence-electron chi connectivity index (χ1n) is 7.17. The fourth-order valence-corrected chi connectivity index (χ4v) is 3.22. The van der Waals surface area contributed by atoms with Crippen molar-refractivity contribution < 1.29 is 9.90 Å². The van der Waals surface area contributed by atoms with Crippen LogP contribution in [0.4, 0.5) is 0 Å². The molecule has 2 aliphatic rings. The molecule has 1 atom stereocenters. The number of aliphatic hydroxyl groups is 1. The summed E-state index contributed by atoms with van der Waals surface area (Å²) in [5.41, 5.74) is -0.658. The molecule has 0 aromatic carbocycles. The van der Waals surface area contributed by atoms with Crippen LogP contribution in [0.3, 0.4) is 0 Å². The molecule has 1 saturated heterocycles. The number of carbonyl (C=O) groups excluding carboxylic acids is 1. The number of hydrogen-bond donors (Lipinski definition) is 3. The zero-order chi connectivity index (χ0) is 13.2. The second-order valence-corrected chi connectivity index (χ2v) is 6.63. The molecule has 18 heavy (non-hydrogen) atoms. The van der Waals surface area contributed by atoms with Crippen molar-refractivity contribution in [2.24, 2.45) is 5.41 Å². The Morgan fingerprint density at radius 2 is 1.94 bits per heavy atom. The Balaban J connectivity index is 1.87. The number of piperidine rings is 1. The molecule has 0 radical (unpaired) electrons. The van der Waals surface area contributed by atoms with Crippen LogP contribution in [0.15, 0.2) is 0 Å². The highest BCUT2D eigenvalue weighted by molar-refractivity contribution is 5.82. The summed E-state index contributed by atoms with van der Waals surface area (Å²) in [5, 5.41) is 16.5. The van der Waals surface area contributed by atoms with Crippen LogP contribution in [0.25, 0.3) is 0 Å². The lowest BCUT2D eigenvalue weighted by Crippen LogP contribution is -2.57. The van der Waals surface area contributed by atoms with Crippen molar-refractivity contribution in [3.8, 4) is 0 Å². The average molecular weight is 254 g/mol. The monoisotopic (exact) mass is 254 g/mol. The topological polar surface area (TPSA) is 61.4 Å². The van der Waals surface area contributed by atoms with Crippen molar-refractivity contribution in [1.82, 2.24) is 10.6 Å². The molecule has 2 fully saturated rings. The molecule has 0 bridgehead atoms. The van der Waals surface area contributed by atoms with Crippen LogP contribution in [-0.4, -0.2) is 35.7 Å². The maximum Gasteiger partial charge on any atom is 0.237 e. The zero-order valence-electron chi connectivity index (χ0n) is 11.6. The van der Waals surface area contributed by atoms with Crippen LogP contribution in [0.1, 0.15) is 52.4 Å². The van der Waals surface area contributed by atoms with Gasteiger partial charge in [0.15, 0.2) is 0 Å². The predicted molar refractivity (Wildman–Crippen MR) is 71.2 cm³/mol. The smallest absolute Gasteiger partial charge is 0.237 e. The average Bonchev–Trinajstić information content (AvgIpc) is 2.73. The fourth-order valence-electron chi connectivity index (χ4n) is 3.22. The number of hydrogen-bond acceptors (Lipinski definition) is 3. The molecule has 2 rings (SSSR count). The second-order valence-electron chi connectivity index (χ2n) is 6.63. The largest absolute Gasteiger partial charge is 0.388 e. The van der Waals surface area contributed by atoms with Crippen LogP contribution in [-0.2, 0) is 4.79 Å². The maximum atomic E-state index is 12.2. The first-order chi connectivity index (χ1) is 8.43. The normalized spacial score (nSPS) is 30.1. The molecule has 1 unspecified atom stereocenters. The van der Waals surface area contributed by atoms with Crippen molar-refractivity contribution in [2.75, 3.05) is 13.1 Å². The number of rotatable bonds is 3. The summed E-state index contributed by atoms with van der Waals surface area (Å²) in [7, 11) is 0. The van der Waals surface area contributed by atoms with Gasteiger partial charge in [-0.25, -0.2) is 0 Å². The summed E-state index contributed by atoms with van der Waals surface area (Å²) in [6, 6.07) is -0.128. The lowest BCUT2D eigenvalue weighted by molar-refractivity contribution is -0.128. The molecule has 0 aromatic rings. The highest BCUT2D eigenvalue weighted by atomic mass is 16.3. The quantitative estimate of drug-likeness (QED) is 0.709. The third kappa shape index (κ3) is 3.04. The summed E-state index contributed by atoms with van der Waals surface area (Å²) in [6.45, 7) is 5.58. The minimum Gasteiger partial charge on any atom is -0.388 e. The summed E-state index contributed by atoms with van der Waals surface area (Å²) >= 11 is 0. The Bertz CT molecular complexity index is 309. The van der Waals surface area contributed by atoms with Gasteiger partial charge in [0.05, 0.1) is 11.6 Å². The van der Waals surface area contributed by atoms with Gasteiger partial charge < -0.3 is 15.7 Å². The Morgan fingerprint density at radius 1 is 1.28 bits per heavy atom. The van der Waals surface area contributed by atoms with Crippen LogP contribution >= 0.6 is 0 Å². The minimum atomic E-state index is -0.658. The van der Waals surface area contributed by atoms with Gasteiger partial charge in [0.25, 0.3) is 0 Å². The SMILES string of the molecule is CC1(C)CCCNC1C(=O)NCC1(O)CCCC1. The summed E-state index contributed by atoms with van der Waals surface area (Å²) in [4.78, 5) is 12.2. The number of nitrogens with one attached hydrogen (secondary N) is 2. The van der Waals surface area contributed by atoms with Crippen LogP contribution in [0.2, 0.25) is 0 Å². The minimum absolute atomic E-state index is 0.000623. The standard InChI is InChI=1S/C14H26N2O2/c1-13(2)6-5-9-15-11(13)12(17)16-10-14(18)7-3-4-8-14/h11,15,18H,3-10H2,1-2H3,(H,16,17). The molecular weight excluding hydrogens is 228 g/mol. The van der Waals surface area contributed by atoms with Gasteiger partial charge in [-0.05, 0) is 37.6 Å². The molecule has 0 spiro atoms. The van der Waals surface area contributed by atoms with E-state index in [0.29, 0.717) is 6.54 Å². The highest BCUT2D eigenvalue weighted by Crippen LogP contribution is 2.31. The summed E-state index contributed by atoms with van der Waals surface area (Å²) in [5.74, 6) is 0.0417. The number of amides is 1. The molecule has 4 heteroatoms. The molecule has 104 valence electrons. The molecule has 1 aliphatic heterocycles. The van der Waals surface area contributed by atoms with Gasteiger partial charge in [0.2, 0.25) is 5.91 Å². The van der Waals surface area contributed by atoms with E-state index in [-0.39, 0.29) is 17.4 Å². The van der Waals surface area contributed by atoms with Crippen molar-refractivity contribution in [2.45, 2.75) is 64.0 Å². The highest BCUT2D eigenvalue weighted by Gasteiger charge is 2.38. The maximum absolute atomic E-state index is 12.2. The van der Waals surface area contributed by atoms with E-state index in [9.17, 15) is 9.90 Å². The lowest BCUT2D eigenvalue weighted by atomic mass is 9.77. The molecule has 4 nitrogen and oxygen atoms in total. The Labute approximate surface area is 110 Å². The van der Waals surface area contributed by atoms with E-state index >= 15 is 0 Å². The van der Waals surface area contributed by atoms with Gasteiger partial charge >= 0.3 is 0 Å². The van der Waals surface area contributed by atoms with E-state index < -0.39 is 5.60 Å². The van der Waals surface area contributed by atoms with Crippen molar-refractivity contribution >= 4 is 5.91 Å². The van der Waals surface area contributed by atoms with E-state index in [1.165, 1.54) is 0 Å².